The van der Waals surface area contributed by atoms with Crippen LogP contribution in [0.15, 0.2) is 0 Å². The highest BCUT2D eigenvalue weighted by Gasteiger charge is 2.36. The number of nitrogens with zero attached hydrogens (tertiary/aromatic N) is 2. The summed E-state index contributed by atoms with van der Waals surface area (Å²) in [6.45, 7) is 6.77. The molecule has 1 rings (SSSR count). The normalized spacial score (nSPS) is 25.5. The van der Waals surface area contributed by atoms with Crippen molar-refractivity contribution < 1.29 is 8.42 Å². The van der Waals surface area contributed by atoms with E-state index in [1.54, 1.807) is 4.31 Å². The van der Waals surface area contributed by atoms with Gasteiger partial charge < -0.3 is 10.2 Å². The molecule has 102 valence electrons. The summed E-state index contributed by atoms with van der Waals surface area (Å²) in [7, 11) is 0.800. The highest BCUT2D eigenvalue weighted by molar-refractivity contribution is 7.89. The zero-order chi connectivity index (χ0) is 13.1. The van der Waals surface area contributed by atoms with Crippen molar-refractivity contribution in [2.24, 2.45) is 0 Å². The molecule has 1 aliphatic heterocycles. The molecule has 0 aromatic carbocycles. The molecule has 0 radical (unpaired) electrons. The molecule has 1 N–H and O–H groups in total. The standard InChI is InChI=1S/C11H25N3O2S/c1-11(2)10-12-6-5-9-17(15,16)14(11)8-7-13(3)4/h12H,5-10H2,1-4H3. The van der Waals surface area contributed by atoms with Gasteiger partial charge in [-0.1, -0.05) is 0 Å². The van der Waals surface area contributed by atoms with E-state index in [0.717, 1.165) is 13.1 Å². The van der Waals surface area contributed by atoms with Gasteiger partial charge in [-0.25, -0.2) is 8.42 Å². The van der Waals surface area contributed by atoms with Crippen LogP contribution in [0, 0.1) is 0 Å². The summed E-state index contributed by atoms with van der Waals surface area (Å²) < 4.78 is 26.2. The Labute approximate surface area is 105 Å². The fraction of sp³-hybridized carbons (Fsp3) is 1.00. The minimum atomic E-state index is -3.12. The van der Waals surface area contributed by atoms with E-state index in [1.165, 1.54) is 0 Å². The quantitative estimate of drug-likeness (QED) is 0.776. The van der Waals surface area contributed by atoms with E-state index in [0.29, 0.717) is 19.5 Å². The molecule has 1 saturated heterocycles. The third-order valence-electron chi connectivity index (χ3n) is 3.07. The van der Waals surface area contributed by atoms with E-state index in [-0.39, 0.29) is 11.3 Å². The molecular formula is C11H25N3O2S. The summed E-state index contributed by atoms with van der Waals surface area (Å²) in [6.07, 6.45) is 0.691. The summed E-state index contributed by atoms with van der Waals surface area (Å²) in [6, 6.07) is 0. The zero-order valence-corrected chi connectivity index (χ0v) is 12.2. The van der Waals surface area contributed by atoms with Crippen LogP contribution in [0.5, 0.6) is 0 Å². The Balaban J connectivity index is 2.87. The van der Waals surface area contributed by atoms with Crippen molar-refractivity contribution in [3.63, 3.8) is 0 Å². The van der Waals surface area contributed by atoms with Crippen LogP contribution in [0.1, 0.15) is 20.3 Å². The van der Waals surface area contributed by atoms with E-state index < -0.39 is 10.0 Å². The second-order valence-corrected chi connectivity index (χ2v) is 7.55. The number of hydrogen-bond acceptors (Lipinski definition) is 4. The first kappa shape index (κ1) is 14.9. The summed E-state index contributed by atoms with van der Waals surface area (Å²) in [5, 5.41) is 3.31. The van der Waals surface area contributed by atoms with Crippen LogP contribution >= 0.6 is 0 Å². The van der Waals surface area contributed by atoms with Gasteiger partial charge >= 0.3 is 0 Å². The van der Waals surface area contributed by atoms with Crippen molar-refractivity contribution in [2.75, 3.05) is 46.0 Å². The van der Waals surface area contributed by atoms with Crippen LogP contribution in [-0.4, -0.2) is 69.2 Å². The molecule has 17 heavy (non-hydrogen) atoms. The smallest absolute Gasteiger partial charge is 0.214 e. The first-order valence-corrected chi connectivity index (χ1v) is 7.72. The molecule has 0 aliphatic carbocycles. The second kappa shape index (κ2) is 5.65. The first-order valence-electron chi connectivity index (χ1n) is 6.12. The summed E-state index contributed by atoms with van der Waals surface area (Å²) in [4.78, 5) is 2.01. The third-order valence-corrected chi connectivity index (χ3v) is 5.23. The lowest BCUT2D eigenvalue weighted by Gasteiger charge is -2.39. The van der Waals surface area contributed by atoms with Gasteiger partial charge in [0.15, 0.2) is 0 Å². The Morgan fingerprint density at radius 1 is 1.35 bits per heavy atom. The van der Waals surface area contributed by atoms with Crippen molar-refractivity contribution >= 4 is 10.0 Å². The van der Waals surface area contributed by atoms with Crippen LogP contribution < -0.4 is 5.32 Å². The molecule has 0 bridgehead atoms. The third kappa shape index (κ3) is 4.21. The summed E-state index contributed by atoms with van der Waals surface area (Å²) >= 11 is 0. The minimum Gasteiger partial charge on any atom is -0.315 e. The zero-order valence-electron chi connectivity index (χ0n) is 11.4. The first-order chi connectivity index (χ1) is 7.76. The molecule has 0 aromatic heterocycles. The predicted molar refractivity (Wildman–Crippen MR) is 70.6 cm³/mol. The molecule has 1 fully saturated rings. The fourth-order valence-corrected chi connectivity index (χ4v) is 3.99. The lowest BCUT2D eigenvalue weighted by molar-refractivity contribution is 0.199. The maximum Gasteiger partial charge on any atom is 0.214 e. The molecule has 0 amide bonds. The van der Waals surface area contributed by atoms with E-state index in [1.807, 2.05) is 32.8 Å². The van der Waals surface area contributed by atoms with Crippen molar-refractivity contribution in [1.82, 2.24) is 14.5 Å². The van der Waals surface area contributed by atoms with Gasteiger partial charge in [-0.3, -0.25) is 0 Å². The second-order valence-electron chi connectivity index (χ2n) is 5.53. The number of sulfonamides is 1. The van der Waals surface area contributed by atoms with Gasteiger partial charge in [-0.2, -0.15) is 4.31 Å². The molecule has 1 heterocycles. The van der Waals surface area contributed by atoms with Gasteiger partial charge in [-0.15, -0.1) is 0 Å². The predicted octanol–water partition coefficient (Wildman–Crippen LogP) is -0.0483. The number of nitrogens with one attached hydrogen (secondary N) is 1. The average molecular weight is 263 g/mol. The number of hydrogen-bond donors (Lipinski definition) is 1. The van der Waals surface area contributed by atoms with Gasteiger partial charge in [0.1, 0.15) is 0 Å². The molecule has 0 aromatic rings. The van der Waals surface area contributed by atoms with Crippen molar-refractivity contribution in [1.29, 1.82) is 0 Å². The van der Waals surface area contributed by atoms with E-state index in [9.17, 15) is 8.42 Å². The van der Waals surface area contributed by atoms with Crippen molar-refractivity contribution in [3.05, 3.63) is 0 Å². The van der Waals surface area contributed by atoms with Crippen LogP contribution in [-0.2, 0) is 10.0 Å². The maximum atomic E-state index is 12.3. The Morgan fingerprint density at radius 3 is 2.59 bits per heavy atom. The summed E-state index contributed by atoms with van der Waals surface area (Å²) in [5.41, 5.74) is -0.352. The Bertz CT molecular complexity index is 339. The molecule has 0 atom stereocenters. The van der Waals surface area contributed by atoms with E-state index in [2.05, 4.69) is 5.32 Å². The lowest BCUT2D eigenvalue weighted by Crippen LogP contribution is -2.57. The largest absolute Gasteiger partial charge is 0.315 e. The molecular weight excluding hydrogens is 238 g/mol. The van der Waals surface area contributed by atoms with Gasteiger partial charge in [-0.05, 0) is 40.9 Å². The number of likely N-dealkylation sites (N-methyl/N-ethyl adjacent to an activating group) is 1. The maximum absolute atomic E-state index is 12.3. The topological polar surface area (TPSA) is 52.6 Å². The van der Waals surface area contributed by atoms with E-state index >= 15 is 0 Å². The van der Waals surface area contributed by atoms with Crippen LogP contribution in [0.25, 0.3) is 0 Å². The Kier molecular flexibility index (Phi) is 4.95. The fourth-order valence-electron chi connectivity index (χ4n) is 2.08. The average Bonchev–Trinajstić information content (AvgIpc) is 2.14. The van der Waals surface area contributed by atoms with Crippen molar-refractivity contribution in [2.45, 2.75) is 25.8 Å². The molecule has 1 aliphatic rings. The Morgan fingerprint density at radius 2 is 2.00 bits per heavy atom. The lowest BCUT2D eigenvalue weighted by atomic mass is 10.1. The molecule has 0 spiro atoms. The Hall–Kier alpha value is -0.170. The van der Waals surface area contributed by atoms with Crippen molar-refractivity contribution in [3.8, 4) is 0 Å². The minimum absolute atomic E-state index is 0.247. The van der Waals surface area contributed by atoms with Crippen LogP contribution in [0.3, 0.4) is 0 Å². The van der Waals surface area contributed by atoms with E-state index in [4.69, 9.17) is 0 Å². The van der Waals surface area contributed by atoms with Gasteiger partial charge in [0.05, 0.1) is 5.75 Å². The van der Waals surface area contributed by atoms with Gasteiger partial charge in [0, 0.05) is 25.2 Å². The molecule has 0 unspecified atom stereocenters. The van der Waals surface area contributed by atoms with Crippen LogP contribution in [0.4, 0.5) is 0 Å². The van der Waals surface area contributed by atoms with Crippen LogP contribution in [0.2, 0.25) is 0 Å². The number of rotatable bonds is 3. The highest BCUT2D eigenvalue weighted by Crippen LogP contribution is 2.20. The molecule has 0 saturated carbocycles. The highest BCUT2D eigenvalue weighted by atomic mass is 32.2. The van der Waals surface area contributed by atoms with Gasteiger partial charge in [0.2, 0.25) is 10.0 Å². The monoisotopic (exact) mass is 263 g/mol. The summed E-state index contributed by atoms with van der Waals surface area (Å²) in [5.74, 6) is 0.247. The SMILES string of the molecule is CN(C)CCN1C(C)(C)CNCCCS1(=O)=O. The molecule has 5 nitrogen and oxygen atoms in total. The molecule has 6 heteroatoms. The van der Waals surface area contributed by atoms with Gasteiger partial charge in [0.25, 0.3) is 0 Å².